The second kappa shape index (κ2) is 9.88. The molecule has 0 unspecified atom stereocenters. The van der Waals surface area contributed by atoms with Crippen molar-refractivity contribution in [1.82, 2.24) is 14.8 Å². The van der Waals surface area contributed by atoms with Gasteiger partial charge in [-0.3, -0.25) is 9.59 Å². The maximum Gasteiger partial charge on any atom is 0.234 e. The van der Waals surface area contributed by atoms with Gasteiger partial charge in [-0.1, -0.05) is 47.7 Å². The number of para-hydroxylation sites is 1. The molecule has 8 heteroatoms. The van der Waals surface area contributed by atoms with Gasteiger partial charge >= 0.3 is 0 Å². The molecule has 2 N–H and O–H groups in total. The molecule has 150 valence electrons. The van der Waals surface area contributed by atoms with Crippen molar-refractivity contribution in [1.29, 1.82) is 0 Å². The number of nitrogens with one attached hydrogen (secondary N) is 2. The summed E-state index contributed by atoms with van der Waals surface area (Å²) < 4.78 is 1.82. The predicted molar refractivity (Wildman–Crippen MR) is 115 cm³/mol. The van der Waals surface area contributed by atoms with E-state index < -0.39 is 0 Å². The zero-order valence-corrected chi connectivity index (χ0v) is 17.2. The fourth-order valence-corrected chi connectivity index (χ4v) is 3.35. The van der Waals surface area contributed by atoms with E-state index in [0.29, 0.717) is 23.8 Å². The number of carbonyl (C=O) groups is 2. The van der Waals surface area contributed by atoms with Crippen LogP contribution < -0.4 is 10.6 Å². The van der Waals surface area contributed by atoms with Crippen molar-refractivity contribution in [2.75, 3.05) is 16.4 Å². The Morgan fingerprint density at radius 3 is 2.31 bits per heavy atom. The summed E-state index contributed by atoms with van der Waals surface area (Å²) in [5.74, 6) is 0.750. The van der Waals surface area contributed by atoms with E-state index in [-0.39, 0.29) is 17.6 Å². The first-order valence-electron chi connectivity index (χ1n) is 9.24. The lowest BCUT2D eigenvalue weighted by Gasteiger charge is -2.06. The summed E-state index contributed by atoms with van der Waals surface area (Å²) in [4.78, 5) is 24.2. The van der Waals surface area contributed by atoms with E-state index >= 15 is 0 Å². The van der Waals surface area contributed by atoms with Crippen LogP contribution in [0.1, 0.15) is 17.8 Å². The van der Waals surface area contributed by atoms with Crippen LogP contribution in [0.2, 0.25) is 0 Å². The molecule has 0 saturated heterocycles. The van der Waals surface area contributed by atoms with Gasteiger partial charge in [0, 0.05) is 31.3 Å². The van der Waals surface area contributed by atoms with Crippen LogP contribution in [0.4, 0.5) is 11.4 Å². The number of rotatable bonds is 8. The molecule has 0 atom stereocenters. The van der Waals surface area contributed by atoms with Gasteiger partial charge in [0.25, 0.3) is 0 Å². The van der Waals surface area contributed by atoms with Crippen molar-refractivity contribution in [3.8, 4) is 0 Å². The Morgan fingerprint density at radius 2 is 1.59 bits per heavy atom. The van der Waals surface area contributed by atoms with Gasteiger partial charge in [0.05, 0.1) is 5.75 Å². The Labute approximate surface area is 173 Å². The third-order valence-corrected chi connectivity index (χ3v) is 5.25. The number of benzene rings is 2. The maximum absolute atomic E-state index is 12.1. The normalized spacial score (nSPS) is 10.6. The fourth-order valence-electron chi connectivity index (χ4n) is 2.62. The molecule has 1 heterocycles. The highest BCUT2D eigenvalue weighted by molar-refractivity contribution is 7.99. The highest BCUT2D eigenvalue weighted by Gasteiger charge is 2.13. The molecule has 0 radical (unpaired) electrons. The number of hydrogen-bond acceptors (Lipinski definition) is 5. The van der Waals surface area contributed by atoms with E-state index in [1.54, 1.807) is 0 Å². The average Bonchev–Trinajstić information content (AvgIpc) is 3.07. The van der Waals surface area contributed by atoms with Gasteiger partial charge in [0.2, 0.25) is 11.8 Å². The van der Waals surface area contributed by atoms with Crippen LogP contribution in [0.3, 0.4) is 0 Å². The second-order valence-corrected chi connectivity index (χ2v) is 7.52. The van der Waals surface area contributed by atoms with E-state index in [9.17, 15) is 9.59 Å². The fraction of sp³-hybridized carbons (Fsp3) is 0.238. The Morgan fingerprint density at radius 1 is 0.931 bits per heavy atom. The van der Waals surface area contributed by atoms with Gasteiger partial charge < -0.3 is 15.2 Å². The molecule has 0 bridgehead atoms. The van der Waals surface area contributed by atoms with Crippen LogP contribution in [0.15, 0.2) is 59.8 Å². The van der Waals surface area contributed by atoms with E-state index in [1.165, 1.54) is 11.8 Å². The van der Waals surface area contributed by atoms with E-state index in [2.05, 4.69) is 20.8 Å². The van der Waals surface area contributed by atoms with Crippen LogP contribution in [-0.2, 0) is 23.1 Å². The lowest BCUT2D eigenvalue weighted by atomic mass is 10.2. The summed E-state index contributed by atoms with van der Waals surface area (Å²) in [5.41, 5.74) is 2.68. The first kappa shape index (κ1) is 20.6. The summed E-state index contributed by atoms with van der Waals surface area (Å²) in [7, 11) is 1.84. The Bertz CT molecular complexity index is 970. The van der Waals surface area contributed by atoms with Crippen molar-refractivity contribution in [3.63, 3.8) is 0 Å². The topological polar surface area (TPSA) is 88.9 Å². The van der Waals surface area contributed by atoms with Crippen molar-refractivity contribution in [2.45, 2.75) is 24.9 Å². The molecule has 0 aliphatic heterocycles. The zero-order valence-electron chi connectivity index (χ0n) is 16.4. The SMILES string of the molecule is Cc1ccc(NC(=O)CSc2nnc(CCC(=O)Nc3ccccc3)n2C)cc1. The monoisotopic (exact) mass is 409 g/mol. The largest absolute Gasteiger partial charge is 0.326 e. The Kier molecular flexibility index (Phi) is 7.02. The average molecular weight is 410 g/mol. The van der Waals surface area contributed by atoms with Gasteiger partial charge in [0.15, 0.2) is 5.16 Å². The number of carbonyl (C=O) groups excluding carboxylic acids is 2. The number of aromatic nitrogens is 3. The second-order valence-electron chi connectivity index (χ2n) is 6.57. The van der Waals surface area contributed by atoms with Crippen LogP contribution >= 0.6 is 11.8 Å². The number of anilines is 2. The summed E-state index contributed by atoms with van der Waals surface area (Å²) in [6, 6.07) is 17.0. The minimum Gasteiger partial charge on any atom is -0.326 e. The minimum absolute atomic E-state index is 0.0779. The van der Waals surface area contributed by atoms with E-state index in [0.717, 1.165) is 16.9 Å². The molecule has 0 aliphatic rings. The first-order chi connectivity index (χ1) is 14.0. The molecule has 0 fully saturated rings. The zero-order chi connectivity index (χ0) is 20.6. The number of aryl methyl sites for hydroxylation is 2. The van der Waals surface area contributed by atoms with Crippen molar-refractivity contribution >= 4 is 35.0 Å². The molecule has 7 nitrogen and oxygen atoms in total. The molecule has 1 aromatic heterocycles. The summed E-state index contributed by atoms with van der Waals surface area (Å²) in [6.07, 6.45) is 0.776. The molecule has 3 rings (SSSR count). The number of amides is 2. The smallest absolute Gasteiger partial charge is 0.234 e. The molecule has 3 aromatic rings. The molecule has 0 spiro atoms. The van der Waals surface area contributed by atoms with Crippen molar-refractivity contribution in [2.24, 2.45) is 7.05 Å². The molecule has 0 saturated carbocycles. The summed E-state index contributed by atoms with van der Waals surface area (Å²) in [6.45, 7) is 2.00. The van der Waals surface area contributed by atoms with Gasteiger partial charge in [-0.2, -0.15) is 0 Å². The molecule has 29 heavy (non-hydrogen) atoms. The molecule has 2 aromatic carbocycles. The Balaban J connectivity index is 1.46. The van der Waals surface area contributed by atoms with Crippen molar-refractivity contribution < 1.29 is 9.59 Å². The van der Waals surface area contributed by atoms with Crippen LogP contribution in [-0.4, -0.2) is 32.3 Å². The molecular weight excluding hydrogens is 386 g/mol. The maximum atomic E-state index is 12.1. The van der Waals surface area contributed by atoms with Crippen LogP contribution in [0, 0.1) is 6.92 Å². The van der Waals surface area contributed by atoms with E-state index in [1.807, 2.05) is 73.1 Å². The first-order valence-corrected chi connectivity index (χ1v) is 10.2. The standard InChI is InChI=1S/C21H23N5O2S/c1-15-8-10-17(11-9-15)23-20(28)14-29-21-25-24-18(26(21)2)12-13-19(27)22-16-6-4-3-5-7-16/h3-11H,12-14H2,1-2H3,(H,22,27)(H,23,28). The highest BCUT2D eigenvalue weighted by Crippen LogP contribution is 2.17. The third-order valence-electron chi connectivity index (χ3n) is 4.23. The highest BCUT2D eigenvalue weighted by atomic mass is 32.2. The lowest BCUT2D eigenvalue weighted by molar-refractivity contribution is -0.116. The van der Waals surface area contributed by atoms with E-state index in [4.69, 9.17) is 0 Å². The van der Waals surface area contributed by atoms with Crippen LogP contribution in [0.25, 0.3) is 0 Å². The predicted octanol–water partition coefficient (Wildman–Crippen LogP) is 3.43. The number of nitrogens with zero attached hydrogens (tertiary/aromatic N) is 3. The minimum atomic E-state index is -0.106. The number of thioether (sulfide) groups is 1. The van der Waals surface area contributed by atoms with Crippen LogP contribution in [0.5, 0.6) is 0 Å². The molecular formula is C21H23N5O2S. The van der Waals surface area contributed by atoms with Crippen molar-refractivity contribution in [3.05, 3.63) is 66.0 Å². The number of hydrogen-bond donors (Lipinski definition) is 2. The summed E-state index contributed by atoms with van der Waals surface area (Å²) >= 11 is 1.31. The molecule has 0 aliphatic carbocycles. The van der Waals surface area contributed by atoms with Gasteiger partial charge in [-0.25, -0.2) is 0 Å². The van der Waals surface area contributed by atoms with Gasteiger partial charge in [0.1, 0.15) is 5.82 Å². The van der Waals surface area contributed by atoms with Gasteiger partial charge in [-0.15, -0.1) is 10.2 Å². The lowest BCUT2D eigenvalue weighted by Crippen LogP contribution is -2.15. The quantitative estimate of drug-likeness (QED) is 0.557. The van der Waals surface area contributed by atoms with Gasteiger partial charge in [-0.05, 0) is 31.2 Å². The molecule has 2 amide bonds. The summed E-state index contributed by atoms with van der Waals surface area (Å²) in [5, 5.41) is 14.6. The Hall–Kier alpha value is -3.13. The third kappa shape index (κ3) is 6.18.